The van der Waals surface area contributed by atoms with Gasteiger partial charge < -0.3 is 19.5 Å². The van der Waals surface area contributed by atoms with Gasteiger partial charge in [0.05, 0.1) is 32.0 Å². The van der Waals surface area contributed by atoms with Gasteiger partial charge in [0.15, 0.2) is 11.5 Å². The van der Waals surface area contributed by atoms with Crippen LogP contribution < -0.4 is 14.8 Å². The molecule has 1 atom stereocenters. The Morgan fingerprint density at radius 2 is 2.03 bits per heavy atom. The number of amides is 1. The van der Waals surface area contributed by atoms with Crippen LogP contribution in [0.25, 0.3) is 0 Å². The normalized spacial score (nSPS) is 17.0. The second-order valence-corrected chi connectivity index (χ2v) is 7.52. The highest BCUT2D eigenvalue weighted by Gasteiger charge is 2.17. The summed E-state index contributed by atoms with van der Waals surface area (Å²) in [5, 5.41) is 3.27. The number of hydrogen-bond donors (Lipinski definition) is 1. The first-order chi connectivity index (χ1) is 14.0. The quantitative estimate of drug-likeness (QED) is 0.745. The number of carbonyl (C=O) groups excluding carboxylic acids is 1. The molecule has 0 aromatic heterocycles. The molecule has 1 aliphatic rings. The number of halogens is 1. The molecule has 7 heteroatoms. The average Bonchev–Trinajstić information content (AvgIpc) is 2.71. The van der Waals surface area contributed by atoms with Crippen molar-refractivity contribution in [1.29, 1.82) is 0 Å². The molecule has 29 heavy (non-hydrogen) atoms. The summed E-state index contributed by atoms with van der Waals surface area (Å²) in [4.78, 5) is 15.0. The number of methoxy groups -OCH3 is 2. The fourth-order valence-electron chi connectivity index (χ4n) is 3.46. The maximum Gasteiger partial charge on any atom is 0.251 e. The summed E-state index contributed by atoms with van der Waals surface area (Å²) in [5.41, 5.74) is 2.69. The van der Waals surface area contributed by atoms with Crippen molar-refractivity contribution in [2.24, 2.45) is 0 Å². The monoisotopic (exact) mass is 418 g/mol. The Balaban J connectivity index is 1.62. The van der Waals surface area contributed by atoms with E-state index in [2.05, 4.69) is 29.3 Å². The minimum Gasteiger partial charge on any atom is -0.493 e. The number of nitrogens with one attached hydrogen (secondary N) is 1. The van der Waals surface area contributed by atoms with Crippen molar-refractivity contribution in [2.45, 2.75) is 26.1 Å². The van der Waals surface area contributed by atoms with E-state index in [1.165, 1.54) is 19.8 Å². The van der Waals surface area contributed by atoms with Crippen LogP contribution in [0.5, 0.6) is 11.5 Å². The summed E-state index contributed by atoms with van der Waals surface area (Å²) < 4.78 is 16.1. The van der Waals surface area contributed by atoms with Crippen molar-refractivity contribution in [3.63, 3.8) is 0 Å². The first kappa shape index (κ1) is 21.4. The molecule has 0 spiro atoms. The van der Waals surface area contributed by atoms with Gasteiger partial charge in [-0.2, -0.15) is 0 Å². The number of ether oxygens (including phenoxy) is 3. The van der Waals surface area contributed by atoms with E-state index in [-0.39, 0.29) is 12.0 Å². The van der Waals surface area contributed by atoms with Crippen LogP contribution in [0.3, 0.4) is 0 Å². The second-order valence-electron chi connectivity index (χ2n) is 7.11. The maximum absolute atomic E-state index is 12.6. The lowest BCUT2D eigenvalue weighted by molar-refractivity contribution is -0.0212. The smallest absolute Gasteiger partial charge is 0.251 e. The zero-order valence-electron chi connectivity index (χ0n) is 17.0. The van der Waals surface area contributed by atoms with E-state index in [0.717, 1.165) is 31.8 Å². The molecule has 3 rings (SSSR count). The molecule has 0 aliphatic carbocycles. The van der Waals surface area contributed by atoms with E-state index in [9.17, 15) is 4.79 Å². The van der Waals surface area contributed by atoms with Crippen LogP contribution in [-0.2, 0) is 17.8 Å². The Hall–Kier alpha value is -2.28. The Morgan fingerprint density at radius 3 is 2.76 bits per heavy atom. The molecule has 1 saturated heterocycles. The molecule has 0 radical (unpaired) electrons. The van der Waals surface area contributed by atoms with Gasteiger partial charge in [-0.05, 0) is 30.2 Å². The molecule has 1 unspecified atom stereocenters. The lowest BCUT2D eigenvalue weighted by Gasteiger charge is -2.31. The molecule has 0 bridgehead atoms. The first-order valence-electron chi connectivity index (χ1n) is 9.61. The molecule has 1 fully saturated rings. The van der Waals surface area contributed by atoms with Crippen LogP contribution >= 0.6 is 11.6 Å². The van der Waals surface area contributed by atoms with Gasteiger partial charge in [0, 0.05) is 31.7 Å². The van der Waals surface area contributed by atoms with Crippen LogP contribution in [-0.4, -0.2) is 50.8 Å². The third kappa shape index (κ3) is 5.63. The third-order valence-corrected chi connectivity index (χ3v) is 5.15. The molecule has 1 amide bonds. The lowest BCUT2D eigenvalue weighted by atomic mass is 10.1. The van der Waals surface area contributed by atoms with Crippen LogP contribution in [0.1, 0.15) is 28.4 Å². The molecule has 6 nitrogen and oxygen atoms in total. The molecule has 1 N–H and O–H groups in total. The van der Waals surface area contributed by atoms with E-state index in [1.54, 1.807) is 12.1 Å². The molecular weight excluding hydrogens is 392 g/mol. The third-order valence-electron chi connectivity index (χ3n) is 4.87. The van der Waals surface area contributed by atoms with Gasteiger partial charge in [-0.1, -0.05) is 35.9 Å². The van der Waals surface area contributed by atoms with E-state index in [0.29, 0.717) is 28.6 Å². The van der Waals surface area contributed by atoms with Crippen LogP contribution in [0, 0.1) is 0 Å². The Kier molecular flexibility index (Phi) is 7.36. The van der Waals surface area contributed by atoms with Crippen molar-refractivity contribution in [2.75, 3.05) is 33.9 Å². The maximum atomic E-state index is 12.6. The molecule has 0 saturated carbocycles. The lowest BCUT2D eigenvalue weighted by Crippen LogP contribution is -2.40. The van der Waals surface area contributed by atoms with E-state index >= 15 is 0 Å². The number of morpholine rings is 1. The van der Waals surface area contributed by atoms with Crippen molar-refractivity contribution in [3.05, 3.63) is 58.1 Å². The summed E-state index contributed by atoms with van der Waals surface area (Å²) in [5.74, 6) is 0.614. The Morgan fingerprint density at radius 1 is 1.24 bits per heavy atom. The SMILES string of the molecule is COc1cc(C(=O)NCc2cccc(CN3CCOC(C)C3)c2)cc(Cl)c1OC. The predicted octanol–water partition coefficient (Wildman–Crippen LogP) is 3.51. The average molecular weight is 419 g/mol. The first-order valence-corrected chi connectivity index (χ1v) is 9.99. The minimum absolute atomic E-state index is 0.222. The Labute approximate surface area is 176 Å². The zero-order valence-corrected chi connectivity index (χ0v) is 17.8. The summed E-state index contributed by atoms with van der Waals surface area (Å²) in [6.07, 6.45) is 0.263. The summed E-state index contributed by atoms with van der Waals surface area (Å²) in [6, 6.07) is 11.5. The summed E-state index contributed by atoms with van der Waals surface area (Å²) in [7, 11) is 3.02. The molecule has 156 valence electrons. The fraction of sp³-hybridized carbons (Fsp3) is 0.409. The molecule has 1 heterocycles. The van der Waals surface area contributed by atoms with E-state index in [4.69, 9.17) is 25.8 Å². The second kappa shape index (κ2) is 9.96. The van der Waals surface area contributed by atoms with Gasteiger partial charge in [0.2, 0.25) is 0 Å². The highest BCUT2D eigenvalue weighted by Crippen LogP contribution is 2.35. The summed E-state index contributed by atoms with van der Waals surface area (Å²) >= 11 is 6.20. The van der Waals surface area contributed by atoms with Gasteiger partial charge in [-0.3, -0.25) is 9.69 Å². The molecule has 1 aliphatic heterocycles. The van der Waals surface area contributed by atoms with Crippen LogP contribution in [0.2, 0.25) is 5.02 Å². The molecular formula is C22H27ClN2O4. The van der Waals surface area contributed by atoms with Gasteiger partial charge in [0.25, 0.3) is 5.91 Å². The molecule has 2 aromatic carbocycles. The number of rotatable bonds is 7. The highest BCUT2D eigenvalue weighted by molar-refractivity contribution is 6.32. The largest absolute Gasteiger partial charge is 0.493 e. The fourth-order valence-corrected chi connectivity index (χ4v) is 3.75. The number of benzene rings is 2. The van der Waals surface area contributed by atoms with Gasteiger partial charge in [0.1, 0.15) is 0 Å². The van der Waals surface area contributed by atoms with E-state index < -0.39 is 0 Å². The summed E-state index contributed by atoms with van der Waals surface area (Å²) in [6.45, 7) is 6.04. The van der Waals surface area contributed by atoms with Crippen molar-refractivity contribution in [3.8, 4) is 11.5 Å². The standard InChI is InChI=1S/C22H27ClN2O4/c1-15-13-25(7-8-29-15)14-17-6-4-5-16(9-17)12-24-22(26)18-10-19(23)21(28-3)20(11-18)27-2/h4-6,9-11,15H,7-8,12-14H2,1-3H3,(H,24,26). The predicted molar refractivity (Wildman–Crippen MR) is 113 cm³/mol. The zero-order chi connectivity index (χ0) is 20.8. The van der Waals surface area contributed by atoms with Gasteiger partial charge in [-0.15, -0.1) is 0 Å². The number of nitrogens with zero attached hydrogens (tertiary/aromatic N) is 1. The number of carbonyl (C=O) groups is 1. The molecule has 2 aromatic rings. The van der Waals surface area contributed by atoms with Crippen LogP contribution in [0.4, 0.5) is 0 Å². The van der Waals surface area contributed by atoms with Gasteiger partial charge in [-0.25, -0.2) is 0 Å². The van der Waals surface area contributed by atoms with Gasteiger partial charge >= 0.3 is 0 Å². The minimum atomic E-state index is -0.222. The van der Waals surface area contributed by atoms with Crippen molar-refractivity contribution < 1.29 is 19.0 Å². The topological polar surface area (TPSA) is 60.0 Å². The van der Waals surface area contributed by atoms with Crippen LogP contribution in [0.15, 0.2) is 36.4 Å². The number of hydrogen-bond acceptors (Lipinski definition) is 5. The highest BCUT2D eigenvalue weighted by atomic mass is 35.5. The van der Waals surface area contributed by atoms with Crippen molar-refractivity contribution >= 4 is 17.5 Å². The van der Waals surface area contributed by atoms with E-state index in [1.807, 2.05) is 12.1 Å². The Bertz CT molecular complexity index is 859. The van der Waals surface area contributed by atoms with Crippen molar-refractivity contribution in [1.82, 2.24) is 10.2 Å².